The maximum Gasteiger partial charge on any atom is 0.410 e. The summed E-state index contributed by atoms with van der Waals surface area (Å²) in [6.45, 7) is 7.58. The lowest BCUT2D eigenvalue weighted by atomic mass is 9.79. The van der Waals surface area contributed by atoms with Crippen molar-refractivity contribution in [2.75, 3.05) is 26.7 Å². The zero-order valence-corrected chi connectivity index (χ0v) is 27.9. The van der Waals surface area contributed by atoms with Crippen LogP contribution in [0.4, 0.5) is 10.5 Å². The lowest BCUT2D eigenvalue weighted by Gasteiger charge is -2.44. The first-order valence-electron chi connectivity index (χ1n) is 16.1. The molecule has 2 bridgehead atoms. The third kappa shape index (κ3) is 7.91. The first kappa shape index (κ1) is 34.3. The standard InChI is InChI=1S/C36H44N4O6S/c1-4-22-39(35(41)46-26-28-15-17-30(18-16-28)40(42)43)33-24-31-19-20-32(25-33)38(31)23-21-36(2,29-11-7-5-8-12-29)27-37(3)47(44,45)34-13-9-6-10-14-34/h4-18,31-33H,1,19-27H2,2-3H3. The lowest BCUT2D eigenvalue weighted by Crippen LogP contribution is -2.53. The normalized spacial score (nSPS) is 20.8. The van der Waals surface area contributed by atoms with Gasteiger partial charge in [-0.2, -0.15) is 0 Å². The first-order chi connectivity index (χ1) is 22.5. The van der Waals surface area contributed by atoms with Crippen molar-refractivity contribution in [2.24, 2.45) is 0 Å². The Morgan fingerprint density at radius 3 is 2.19 bits per heavy atom. The number of hydrogen-bond acceptors (Lipinski definition) is 7. The number of fused-ring (bicyclic) bond motifs is 2. The molecule has 3 atom stereocenters. The maximum atomic E-state index is 13.5. The fourth-order valence-electron chi connectivity index (χ4n) is 7.20. The van der Waals surface area contributed by atoms with Crippen LogP contribution >= 0.6 is 0 Å². The highest BCUT2D eigenvalue weighted by Gasteiger charge is 2.44. The van der Waals surface area contributed by atoms with Gasteiger partial charge in [0.05, 0.1) is 9.82 Å². The Morgan fingerprint density at radius 2 is 1.62 bits per heavy atom. The van der Waals surface area contributed by atoms with E-state index in [2.05, 4.69) is 30.5 Å². The molecule has 250 valence electrons. The molecule has 0 aromatic heterocycles. The summed E-state index contributed by atoms with van der Waals surface area (Å²) >= 11 is 0. The Kier molecular flexibility index (Phi) is 10.8. The van der Waals surface area contributed by atoms with E-state index in [0.29, 0.717) is 30.7 Å². The molecule has 3 aromatic rings. The van der Waals surface area contributed by atoms with Crippen LogP contribution in [0.5, 0.6) is 0 Å². The molecule has 0 aliphatic carbocycles. The van der Waals surface area contributed by atoms with Gasteiger partial charge in [0.25, 0.3) is 5.69 Å². The number of hydrogen-bond donors (Lipinski definition) is 0. The second-order valence-electron chi connectivity index (χ2n) is 12.9. The third-order valence-corrected chi connectivity index (χ3v) is 11.6. The van der Waals surface area contributed by atoms with Gasteiger partial charge >= 0.3 is 6.09 Å². The van der Waals surface area contributed by atoms with Crippen LogP contribution in [0.15, 0.2) is 102 Å². The number of rotatable bonds is 14. The zero-order chi connectivity index (χ0) is 33.6. The molecule has 3 aromatic carbocycles. The zero-order valence-electron chi connectivity index (χ0n) is 27.1. The molecule has 0 N–H and O–H groups in total. The molecule has 2 heterocycles. The molecule has 47 heavy (non-hydrogen) atoms. The molecule has 2 aliphatic heterocycles. The van der Waals surface area contributed by atoms with Gasteiger partial charge in [0.1, 0.15) is 6.61 Å². The highest BCUT2D eigenvalue weighted by Crippen LogP contribution is 2.40. The van der Waals surface area contributed by atoms with Crippen molar-refractivity contribution < 1.29 is 22.9 Å². The SMILES string of the molecule is C=CCN(C(=O)OCc1ccc([N+](=O)[O-])cc1)C1CC2CCC(C1)N2CCC(C)(CN(C)S(=O)(=O)c1ccccc1)c1ccccc1. The van der Waals surface area contributed by atoms with Crippen molar-refractivity contribution in [2.45, 2.75) is 74.1 Å². The number of carbonyl (C=O) groups excluding carboxylic acids is 1. The van der Waals surface area contributed by atoms with Gasteiger partial charge in [0.2, 0.25) is 10.0 Å². The van der Waals surface area contributed by atoms with Gasteiger partial charge in [0.15, 0.2) is 0 Å². The average Bonchev–Trinajstić information content (AvgIpc) is 3.32. The van der Waals surface area contributed by atoms with Gasteiger partial charge in [-0.15, -0.1) is 6.58 Å². The monoisotopic (exact) mass is 660 g/mol. The van der Waals surface area contributed by atoms with Crippen molar-refractivity contribution in [1.82, 2.24) is 14.1 Å². The van der Waals surface area contributed by atoms with Crippen molar-refractivity contribution >= 4 is 21.8 Å². The lowest BCUT2D eigenvalue weighted by molar-refractivity contribution is -0.384. The fraction of sp³-hybridized carbons (Fsp3) is 0.417. The van der Waals surface area contributed by atoms with Gasteiger partial charge in [-0.1, -0.05) is 61.5 Å². The second-order valence-corrected chi connectivity index (χ2v) is 15.0. The Labute approximate surface area is 277 Å². The van der Waals surface area contributed by atoms with E-state index in [1.165, 1.54) is 16.4 Å². The van der Waals surface area contributed by atoms with E-state index in [1.54, 1.807) is 54.4 Å². The molecule has 3 unspecified atom stereocenters. The highest BCUT2D eigenvalue weighted by molar-refractivity contribution is 7.89. The summed E-state index contributed by atoms with van der Waals surface area (Å²) in [6.07, 6.45) is 5.81. The van der Waals surface area contributed by atoms with Crippen molar-refractivity contribution in [1.29, 1.82) is 0 Å². The molecule has 10 nitrogen and oxygen atoms in total. The molecule has 2 saturated heterocycles. The summed E-state index contributed by atoms with van der Waals surface area (Å²) in [6, 6.07) is 25.3. The van der Waals surface area contributed by atoms with Crippen molar-refractivity contribution in [3.63, 3.8) is 0 Å². The van der Waals surface area contributed by atoms with E-state index in [4.69, 9.17) is 4.74 Å². The van der Waals surface area contributed by atoms with Crippen LogP contribution < -0.4 is 0 Å². The third-order valence-electron chi connectivity index (χ3n) is 9.79. The second kappa shape index (κ2) is 14.8. The van der Waals surface area contributed by atoms with Crippen molar-refractivity contribution in [3.05, 3.63) is 119 Å². The van der Waals surface area contributed by atoms with E-state index in [0.717, 1.165) is 44.2 Å². The van der Waals surface area contributed by atoms with Gasteiger partial charge in [-0.25, -0.2) is 17.5 Å². The van der Waals surface area contributed by atoms with Gasteiger partial charge < -0.3 is 9.64 Å². The summed E-state index contributed by atoms with van der Waals surface area (Å²) < 4.78 is 34.1. The Hall–Kier alpha value is -4.06. The fourth-order valence-corrected chi connectivity index (χ4v) is 8.51. The largest absolute Gasteiger partial charge is 0.445 e. The van der Waals surface area contributed by atoms with Gasteiger partial charge in [-0.3, -0.25) is 15.0 Å². The summed E-state index contributed by atoms with van der Waals surface area (Å²) in [7, 11) is -2.00. The number of ether oxygens (including phenoxy) is 1. The smallest absolute Gasteiger partial charge is 0.410 e. The highest BCUT2D eigenvalue weighted by atomic mass is 32.2. The van der Waals surface area contributed by atoms with Crippen LogP contribution in [0.2, 0.25) is 0 Å². The number of non-ortho nitro benzene ring substituents is 1. The van der Waals surface area contributed by atoms with E-state index < -0.39 is 26.5 Å². The number of sulfonamides is 1. The van der Waals surface area contributed by atoms with Gasteiger partial charge in [-0.05, 0) is 74.0 Å². The number of amides is 1. The molecular formula is C36H44N4O6S. The summed E-state index contributed by atoms with van der Waals surface area (Å²) in [5.74, 6) is 0. The van der Waals surface area contributed by atoms with Crippen LogP contribution in [0, 0.1) is 10.1 Å². The number of nitro groups is 1. The first-order valence-corrected chi connectivity index (χ1v) is 17.6. The predicted octanol–water partition coefficient (Wildman–Crippen LogP) is 6.38. The van der Waals surface area contributed by atoms with Crippen LogP contribution in [0.1, 0.15) is 50.2 Å². The molecule has 11 heteroatoms. The molecule has 2 fully saturated rings. The Balaban J connectivity index is 1.24. The van der Waals surface area contributed by atoms with Crippen molar-refractivity contribution in [3.8, 4) is 0 Å². The number of benzene rings is 3. The maximum absolute atomic E-state index is 13.5. The number of nitro benzene ring substituents is 1. The quantitative estimate of drug-likeness (QED) is 0.112. The van der Waals surface area contributed by atoms with E-state index >= 15 is 0 Å². The number of likely N-dealkylation sites (N-methyl/N-ethyl adjacent to an activating group) is 1. The van der Waals surface area contributed by atoms with Crippen LogP contribution in [-0.4, -0.2) is 78.3 Å². The van der Waals surface area contributed by atoms with Gasteiger partial charge in [0, 0.05) is 55.8 Å². The molecule has 0 radical (unpaired) electrons. The molecule has 0 saturated carbocycles. The summed E-state index contributed by atoms with van der Waals surface area (Å²) in [5, 5.41) is 11.0. The number of piperidine rings is 1. The predicted molar refractivity (Wildman–Crippen MR) is 181 cm³/mol. The van der Waals surface area contributed by atoms with E-state index in [-0.39, 0.29) is 23.2 Å². The minimum Gasteiger partial charge on any atom is -0.445 e. The topological polar surface area (TPSA) is 113 Å². The molecule has 1 amide bonds. The van der Waals surface area contributed by atoms with E-state index in [9.17, 15) is 23.3 Å². The summed E-state index contributed by atoms with van der Waals surface area (Å²) in [4.78, 5) is 28.4. The van der Waals surface area contributed by atoms with Crippen LogP contribution in [0.3, 0.4) is 0 Å². The minimum absolute atomic E-state index is 0.00812. The molecular weight excluding hydrogens is 616 g/mol. The molecule has 2 aliphatic rings. The van der Waals surface area contributed by atoms with Crippen LogP contribution in [-0.2, 0) is 26.8 Å². The number of carbonyl (C=O) groups is 1. The van der Waals surface area contributed by atoms with Crippen LogP contribution in [0.25, 0.3) is 0 Å². The average molecular weight is 661 g/mol. The molecule has 5 rings (SSSR count). The number of nitrogens with zero attached hydrogens (tertiary/aromatic N) is 4. The molecule has 0 spiro atoms. The Morgan fingerprint density at radius 1 is 1.02 bits per heavy atom. The summed E-state index contributed by atoms with van der Waals surface area (Å²) in [5.41, 5.74) is 1.35. The minimum atomic E-state index is -3.66. The Bertz CT molecular complexity index is 1620. The van der Waals surface area contributed by atoms with E-state index in [1.807, 2.05) is 24.3 Å².